The lowest BCUT2D eigenvalue weighted by Crippen LogP contribution is -2.19. The van der Waals surface area contributed by atoms with Gasteiger partial charge in [-0.1, -0.05) is 30.3 Å². The highest BCUT2D eigenvalue weighted by atomic mass is 15.4. The molecule has 0 saturated heterocycles. The zero-order valence-corrected chi connectivity index (χ0v) is 11.4. The molecule has 4 rings (SSSR count). The highest BCUT2D eigenvalue weighted by Gasteiger charge is 2.24. The molecule has 102 valence electrons. The third-order valence-electron chi connectivity index (χ3n) is 4.01. The van der Waals surface area contributed by atoms with Gasteiger partial charge in [-0.05, 0) is 36.9 Å². The SMILES string of the molecule is C1=C(c2ccc(-c3ncn(C4CC4)n3)cc2)CCNC1. The minimum absolute atomic E-state index is 0.593. The summed E-state index contributed by atoms with van der Waals surface area (Å²) in [4.78, 5) is 4.42. The molecule has 1 aromatic heterocycles. The largest absolute Gasteiger partial charge is 0.313 e. The van der Waals surface area contributed by atoms with Crippen LogP contribution in [0.1, 0.15) is 30.9 Å². The van der Waals surface area contributed by atoms with Crippen molar-refractivity contribution in [3.05, 3.63) is 42.2 Å². The van der Waals surface area contributed by atoms with Crippen molar-refractivity contribution in [1.29, 1.82) is 0 Å². The maximum Gasteiger partial charge on any atom is 0.181 e. The molecule has 2 heterocycles. The average Bonchev–Trinajstić information content (AvgIpc) is 3.26. The van der Waals surface area contributed by atoms with Gasteiger partial charge in [-0.2, -0.15) is 5.10 Å². The van der Waals surface area contributed by atoms with E-state index in [0.29, 0.717) is 6.04 Å². The third-order valence-corrected chi connectivity index (χ3v) is 4.01. The summed E-state index contributed by atoms with van der Waals surface area (Å²) < 4.78 is 2.00. The van der Waals surface area contributed by atoms with Crippen molar-refractivity contribution in [1.82, 2.24) is 20.1 Å². The third kappa shape index (κ3) is 2.27. The highest BCUT2D eigenvalue weighted by molar-refractivity contribution is 5.69. The molecule has 4 heteroatoms. The minimum Gasteiger partial charge on any atom is -0.313 e. The lowest BCUT2D eigenvalue weighted by atomic mass is 9.99. The molecular formula is C16H18N4. The van der Waals surface area contributed by atoms with Crippen LogP contribution in [0.5, 0.6) is 0 Å². The van der Waals surface area contributed by atoms with E-state index in [1.165, 1.54) is 24.0 Å². The Morgan fingerprint density at radius 2 is 1.90 bits per heavy atom. The summed E-state index contributed by atoms with van der Waals surface area (Å²) in [6.45, 7) is 2.05. The summed E-state index contributed by atoms with van der Waals surface area (Å²) in [5.74, 6) is 0.836. The second kappa shape index (κ2) is 4.87. The van der Waals surface area contributed by atoms with Crippen LogP contribution in [0, 0.1) is 0 Å². The Hall–Kier alpha value is -1.94. The number of hydrogen-bond donors (Lipinski definition) is 1. The van der Waals surface area contributed by atoms with Gasteiger partial charge in [-0.25, -0.2) is 9.67 Å². The molecule has 1 saturated carbocycles. The zero-order valence-electron chi connectivity index (χ0n) is 11.4. The van der Waals surface area contributed by atoms with Crippen LogP contribution >= 0.6 is 0 Å². The first-order valence-corrected chi connectivity index (χ1v) is 7.32. The molecule has 0 amide bonds. The van der Waals surface area contributed by atoms with Crippen molar-refractivity contribution in [2.75, 3.05) is 13.1 Å². The van der Waals surface area contributed by atoms with Gasteiger partial charge >= 0.3 is 0 Å². The second-order valence-electron chi connectivity index (χ2n) is 5.54. The number of rotatable bonds is 3. The lowest BCUT2D eigenvalue weighted by Gasteiger charge is -2.14. The van der Waals surface area contributed by atoms with Gasteiger partial charge in [0.2, 0.25) is 0 Å². The summed E-state index contributed by atoms with van der Waals surface area (Å²) >= 11 is 0. The maximum atomic E-state index is 4.57. The number of hydrogen-bond acceptors (Lipinski definition) is 3. The van der Waals surface area contributed by atoms with E-state index in [-0.39, 0.29) is 0 Å². The summed E-state index contributed by atoms with van der Waals surface area (Å²) in [7, 11) is 0. The van der Waals surface area contributed by atoms with Crippen molar-refractivity contribution in [2.45, 2.75) is 25.3 Å². The van der Waals surface area contributed by atoms with Gasteiger partial charge in [0.25, 0.3) is 0 Å². The van der Waals surface area contributed by atoms with E-state index in [4.69, 9.17) is 0 Å². The van der Waals surface area contributed by atoms with Gasteiger partial charge in [0.1, 0.15) is 6.33 Å². The molecule has 1 aromatic carbocycles. The predicted octanol–water partition coefficient (Wildman–Crippen LogP) is 2.66. The average molecular weight is 266 g/mol. The number of nitrogens with one attached hydrogen (secondary N) is 1. The van der Waals surface area contributed by atoms with Crippen LogP contribution in [0.2, 0.25) is 0 Å². The van der Waals surface area contributed by atoms with Crippen LogP contribution in [0.3, 0.4) is 0 Å². The van der Waals surface area contributed by atoms with Crippen LogP contribution in [-0.2, 0) is 0 Å². The first kappa shape index (κ1) is 11.9. The topological polar surface area (TPSA) is 42.7 Å². The molecule has 0 bridgehead atoms. The number of nitrogens with zero attached hydrogens (tertiary/aromatic N) is 3. The Morgan fingerprint density at radius 3 is 2.60 bits per heavy atom. The minimum atomic E-state index is 0.593. The summed E-state index contributed by atoms with van der Waals surface area (Å²) in [6.07, 6.45) is 7.72. The van der Waals surface area contributed by atoms with E-state index in [2.05, 4.69) is 45.7 Å². The molecule has 20 heavy (non-hydrogen) atoms. The van der Waals surface area contributed by atoms with Crippen LogP contribution in [-0.4, -0.2) is 27.9 Å². The number of aromatic nitrogens is 3. The molecular weight excluding hydrogens is 248 g/mol. The monoisotopic (exact) mass is 266 g/mol. The normalized spacial score (nSPS) is 18.9. The summed E-state index contributed by atoms with van der Waals surface area (Å²) in [6, 6.07) is 9.22. The lowest BCUT2D eigenvalue weighted by molar-refractivity contribution is 0.641. The molecule has 2 aliphatic rings. The van der Waals surface area contributed by atoms with Crippen LogP contribution < -0.4 is 5.32 Å². The van der Waals surface area contributed by atoms with Crippen LogP contribution in [0.4, 0.5) is 0 Å². The van der Waals surface area contributed by atoms with E-state index in [9.17, 15) is 0 Å². The zero-order chi connectivity index (χ0) is 13.4. The van der Waals surface area contributed by atoms with Gasteiger partial charge < -0.3 is 5.32 Å². The summed E-state index contributed by atoms with van der Waals surface area (Å²) in [5.41, 5.74) is 3.85. The summed E-state index contributed by atoms with van der Waals surface area (Å²) in [5, 5.41) is 7.91. The molecule has 4 nitrogen and oxygen atoms in total. The Balaban J connectivity index is 1.58. The quantitative estimate of drug-likeness (QED) is 0.928. The molecule has 0 atom stereocenters. The van der Waals surface area contributed by atoms with Crippen molar-refractivity contribution < 1.29 is 0 Å². The predicted molar refractivity (Wildman–Crippen MR) is 79.2 cm³/mol. The Labute approximate surface area is 118 Å². The van der Waals surface area contributed by atoms with E-state index in [1.807, 2.05) is 11.0 Å². The fourth-order valence-corrected chi connectivity index (χ4v) is 2.64. The van der Waals surface area contributed by atoms with E-state index in [1.54, 1.807) is 0 Å². The molecule has 1 fully saturated rings. The first-order valence-electron chi connectivity index (χ1n) is 7.32. The van der Waals surface area contributed by atoms with Gasteiger partial charge in [-0.15, -0.1) is 0 Å². The van der Waals surface area contributed by atoms with Gasteiger partial charge in [0.15, 0.2) is 5.82 Å². The van der Waals surface area contributed by atoms with Gasteiger partial charge in [-0.3, -0.25) is 0 Å². The van der Waals surface area contributed by atoms with Crippen LogP contribution in [0.15, 0.2) is 36.7 Å². The molecule has 1 aliphatic carbocycles. The molecule has 1 aliphatic heterocycles. The Morgan fingerprint density at radius 1 is 1.10 bits per heavy atom. The first-order chi connectivity index (χ1) is 9.90. The van der Waals surface area contributed by atoms with Gasteiger partial charge in [0.05, 0.1) is 6.04 Å². The molecule has 2 aromatic rings. The van der Waals surface area contributed by atoms with Crippen molar-refractivity contribution >= 4 is 5.57 Å². The highest BCUT2D eigenvalue weighted by Crippen LogP contribution is 2.34. The van der Waals surface area contributed by atoms with E-state index in [0.717, 1.165) is 30.9 Å². The number of benzene rings is 1. The standard InChI is InChI=1S/C16H18N4/c1-3-14(16-18-11-20(19-16)15-5-6-15)4-2-12(1)13-7-9-17-10-8-13/h1-4,7,11,15,17H,5-6,8-10H2. The van der Waals surface area contributed by atoms with Crippen molar-refractivity contribution in [2.24, 2.45) is 0 Å². The second-order valence-corrected chi connectivity index (χ2v) is 5.54. The smallest absolute Gasteiger partial charge is 0.181 e. The fourth-order valence-electron chi connectivity index (χ4n) is 2.64. The Bertz CT molecular complexity index is 635. The maximum absolute atomic E-state index is 4.57. The van der Waals surface area contributed by atoms with E-state index >= 15 is 0 Å². The fraction of sp³-hybridized carbons (Fsp3) is 0.375. The van der Waals surface area contributed by atoms with Gasteiger partial charge in [0, 0.05) is 12.1 Å². The van der Waals surface area contributed by atoms with Crippen molar-refractivity contribution in [3.8, 4) is 11.4 Å². The van der Waals surface area contributed by atoms with Crippen LogP contribution in [0.25, 0.3) is 17.0 Å². The molecule has 0 spiro atoms. The molecule has 1 N–H and O–H groups in total. The molecule has 0 radical (unpaired) electrons. The molecule has 0 unspecified atom stereocenters. The van der Waals surface area contributed by atoms with E-state index < -0.39 is 0 Å². The van der Waals surface area contributed by atoms with Crippen molar-refractivity contribution in [3.63, 3.8) is 0 Å². The Kier molecular flexibility index (Phi) is 2.89.